The number of H-pyrrole nitrogens is 1. The van der Waals surface area contributed by atoms with Gasteiger partial charge in [-0.05, 0) is 62.9 Å². The van der Waals surface area contributed by atoms with Crippen molar-refractivity contribution in [3.05, 3.63) is 42.5 Å². The van der Waals surface area contributed by atoms with E-state index < -0.39 is 5.60 Å². The van der Waals surface area contributed by atoms with Gasteiger partial charge in [-0.3, -0.25) is 5.10 Å². The molecule has 0 bridgehead atoms. The number of piperidine rings is 1. The summed E-state index contributed by atoms with van der Waals surface area (Å²) in [5.41, 5.74) is 8.96. The average molecular weight is 451 g/mol. The van der Waals surface area contributed by atoms with E-state index in [2.05, 4.69) is 20.8 Å². The van der Waals surface area contributed by atoms with Crippen LogP contribution in [0.4, 0.5) is 21.1 Å². The zero-order valence-electron chi connectivity index (χ0n) is 19.1. The Morgan fingerprint density at radius 1 is 1.18 bits per heavy atom. The summed E-state index contributed by atoms with van der Waals surface area (Å²) in [6.45, 7) is 6.58. The number of carbonyl (C=O) groups is 2. The van der Waals surface area contributed by atoms with E-state index in [9.17, 15) is 9.59 Å². The number of aromatic nitrogens is 2. The number of urea groups is 1. The molecule has 1 aliphatic heterocycles. The van der Waals surface area contributed by atoms with Crippen LogP contribution in [0, 0.1) is 0 Å². The second-order valence-electron chi connectivity index (χ2n) is 9.28. The molecule has 174 valence electrons. The number of amides is 3. The average Bonchev–Trinajstić information content (AvgIpc) is 3.14. The van der Waals surface area contributed by atoms with E-state index >= 15 is 0 Å². The van der Waals surface area contributed by atoms with Crippen LogP contribution in [0.3, 0.4) is 0 Å². The fraction of sp³-hybridized carbons (Fsp3) is 0.375. The first-order chi connectivity index (χ1) is 15.7. The highest BCUT2D eigenvalue weighted by atomic mass is 16.6. The molecule has 1 fully saturated rings. The fourth-order valence-electron chi connectivity index (χ4n) is 4.01. The van der Waals surface area contributed by atoms with E-state index in [0.717, 1.165) is 34.9 Å². The van der Waals surface area contributed by atoms with Crippen molar-refractivity contribution in [3.8, 4) is 11.1 Å². The van der Waals surface area contributed by atoms with Crippen molar-refractivity contribution in [2.75, 3.05) is 24.1 Å². The van der Waals surface area contributed by atoms with Gasteiger partial charge in [-0.15, -0.1) is 0 Å². The standard InChI is InChI=1S/C24H30N6O3/c1-24(2,3)33-23(32)30-13-5-6-17(14-30)27-22(31)26-16-11-9-15(10-12-16)18-7-4-8-19-20(18)21(25)29-28-19/h4,7-12,17H,5-6,13-14H2,1-3H3,(H3,25,28,29)(H2,26,27,31). The molecule has 2 heterocycles. The summed E-state index contributed by atoms with van der Waals surface area (Å²) in [6.07, 6.45) is 1.27. The molecule has 1 aliphatic rings. The predicted octanol–water partition coefficient (Wildman–Crippen LogP) is 4.33. The van der Waals surface area contributed by atoms with Gasteiger partial charge in [-0.25, -0.2) is 9.59 Å². The number of nitrogens with two attached hydrogens (primary N) is 1. The first-order valence-corrected chi connectivity index (χ1v) is 11.1. The summed E-state index contributed by atoms with van der Waals surface area (Å²) in [7, 11) is 0. The monoisotopic (exact) mass is 450 g/mol. The molecule has 2 aromatic carbocycles. The zero-order chi connectivity index (χ0) is 23.6. The molecule has 3 amide bonds. The molecule has 9 nitrogen and oxygen atoms in total. The number of nitrogens with one attached hydrogen (secondary N) is 3. The number of fused-ring (bicyclic) bond motifs is 1. The van der Waals surface area contributed by atoms with Crippen LogP contribution in [0.15, 0.2) is 42.5 Å². The Hall–Kier alpha value is -3.75. The van der Waals surface area contributed by atoms with Crippen molar-refractivity contribution >= 4 is 34.5 Å². The Morgan fingerprint density at radius 2 is 1.94 bits per heavy atom. The summed E-state index contributed by atoms with van der Waals surface area (Å²) < 4.78 is 5.45. The van der Waals surface area contributed by atoms with Gasteiger partial charge in [0.05, 0.1) is 10.9 Å². The van der Waals surface area contributed by atoms with Crippen molar-refractivity contribution in [1.82, 2.24) is 20.4 Å². The van der Waals surface area contributed by atoms with E-state index in [1.165, 1.54) is 0 Å². The Balaban J connectivity index is 1.36. The van der Waals surface area contributed by atoms with Crippen molar-refractivity contribution in [1.29, 1.82) is 0 Å². The van der Waals surface area contributed by atoms with Gasteiger partial charge in [-0.1, -0.05) is 24.3 Å². The van der Waals surface area contributed by atoms with Crippen LogP contribution in [0.2, 0.25) is 0 Å². The van der Waals surface area contributed by atoms with E-state index in [1.54, 1.807) is 4.90 Å². The zero-order valence-corrected chi connectivity index (χ0v) is 19.1. The molecule has 1 unspecified atom stereocenters. The predicted molar refractivity (Wildman–Crippen MR) is 129 cm³/mol. The summed E-state index contributed by atoms with van der Waals surface area (Å²) in [4.78, 5) is 26.5. The third-order valence-electron chi connectivity index (χ3n) is 5.48. The Kier molecular flexibility index (Phi) is 6.13. The Labute approximate surface area is 192 Å². The maximum atomic E-state index is 12.5. The van der Waals surface area contributed by atoms with Crippen LogP contribution in [-0.2, 0) is 4.74 Å². The molecular weight excluding hydrogens is 420 g/mol. The molecule has 0 aliphatic carbocycles. The maximum Gasteiger partial charge on any atom is 0.410 e. The van der Waals surface area contributed by atoms with Crippen LogP contribution >= 0.6 is 0 Å². The minimum Gasteiger partial charge on any atom is -0.444 e. The normalized spacial score (nSPS) is 16.5. The molecule has 5 N–H and O–H groups in total. The van der Waals surface area contributed by atoms with Gasteiger partial charge in [0.15, 0.2) is 5.82 Å². The topological polar surface area (TPSA) is 125 Å². The van der Waals surface area contributed by atoms with Gasteiger partial charge < -0.3 is 26.0 Å². The lowest BCUT2D eigenvalue weighted by Crippen LogP contribution is -2.51. The molecular formula is C24H30N6O3. The molecule has 4 rings (SSSR count). The number of rotatable bonds is 3. The number of ether oxygens (including phenoxy) is 1. The first-order valence-electron chi connectivity index (χ1n) is 11.1. The molecule has 3 aromatic rings. The number of likely N-dealkylation sites (tertiary alicyclic amines) is 1. The van der Waals surface area contributed by atoms with Gasteiger partial charge in [0.1, 0.15) is 5.60 Å². The molecule has 0 spiro atoms. The number of benzene rings is 2. The quantitative estimate of drug-likeness (QED) is 0.472. The van der Waals surface area contributed by atoms with Crippen LogP contribution < -0.4 is 16.4 Å². The lowest BCUT2D eigenvalue weighted by Gasteiger charge is -2.34. The third-order valence-corrected chi connectivity index (χ3v) is 5.48. The van der Waals surface area contributed by atoms with E-state index in [0.29, 0.717) is 24.6 Å². The number of carbonyl (C=O) groups excluding carboxylic acids is 2. The Morgan fingerprint density at radius 3 is 2.67 bits per heavy atom. The minimum absolute atomic E-state index is 0.132. The van der Waals surface area contributed by atoms with Crippen molar-refractivity contribution in [3.63, 3.8) is 0 Å². The summed E-state index contributed by atoms with van der Waals surface area (Å²) >= 11 is 0. The highest BCUT2D eigenvalue weighted by molar-refractivity contribution is 6.01. The van der Waals surface area contributed by atoms with Gasteiger partial charge in [0.25, 0.3) is 0 Å². The SMILES string of the molecule is CC(C)(C)OC(=O)N1CCCC(NC(=O)Nc2ccc(-c3cccc4[nH]nc(N)c34)cc2)C1. The molecule has 1 saturated heterocycles. The maximum absolute atomic E-state index is 12.5. The number of hydrogen-bond donors (Lipinski definition) is 4. The van der Waals surface area contributed by atoms with Crippen LogP contribution in [0.5, 0.6) is 0 Å². The molecule has 9 heteroatoms. The smallest absolute Gasteiger partial charge is 0.410 e. The lowest BCUT2D eigenvalue weighted by atomic mass is 10.0. The van der Waals surface area contributed by atoms with Gasteiger partial charge >= 0.3 is 12.1 Å². The third kappa shape index (κ3) is 5.36. The number of hydrogen-bond acceptors (Lipinski definition) is 5. The summed E-state index contributed by atoms with van der Waals surface area (Å²) in [6, 6.07) is 13.0. The van der Waals surface area contributed by atoms with Crippen molar-refractivity contribution < 1.29 is 14.3 Å². The van der Waals surface area contributed by atoms with Gasteiger partial charge in [0.2, 0.25) is 0 Å². The van der Waals surface area contributed by atoms with E-state index in [1.807, 2.05) is 63.2 Å². The van der Waals surface area contributed by atoms with Crippen LogP contribution in [-0.4, -0.2) is 52.0 Å². The van der Waals surface area contributed by atoms with Crippen LogP contribution in [0.1, 0.15) is 33.6 Å². The number of anilines is 2. The number of nitrogens with zero attached hydrogens (tertiary/aromatic N) is 2. The lowest BCUT2D eigenvalue weighted by molar-refractivity contribution is 0.0191. The van der Waals surface area contributed by atoms with Crippen LogP contribution in [0.25, 0.3) is 22.0 Å². The van der Waals surface area contributed by atoms with Crippen molar-refractivity contribution in [2.24, 2.45) is 0 Å². The summed E-state index contributed by atoms with van der Waals surface area (Å²) in [5, 5.41) is 13.7. The summed E-state index contributed by atoms with van der Waals surface area (Å²) in [5.74, 6) is 0.454. The van der Waals surface area contributed by atoms with E-state index in [-0.39, 0.29) is 18.2 Å². The molecule has 33 heavy (non-hydrogen) atoms. The highest BCUT2D eigenvalue weighted by Crippen LogP contribution is 2.31. The molecule has 1 aromatic heterocycles. The molecule has 0 radical (unpaired) electrons. The molecule has 1 atom stereocenters. The van der Waals surface area contributed by atoms with E-state index in [4.69, 9.17) is 10.5 Å². The number of nitrogen functional groups attached to an aromatic ring is 1. The second kappa shape index (κ2) is 9.01. The second-order valence-corrected chi connectivity index (χ2v) is 9.28. The Bertz CT molecular complexity index is 1150. The minimum atomic E-state index is -0.546. The molecule has 0 saturated carbocycles. The largest absolute Gasteiger partial charge is 0.444 e. The van der Waals surface area contributed by atoms with Crippen molar-refractivity contribution in [2.45, 2.75) is 45.3 Å². The van der Waals surface area contributed by atoms with Gasteiger partial charge in [0, 0.05) is 24.8 Å². The fourth-order valence-corrected chi connectivity index (χ4v) is 4.01. The first kappa shape index (κ1) is 22.4. The van der Waals surface area contributed by atoms with Gasteiger partial charge in [-0.2, -0.15) is 5.10 Å². The highest BCUT2D eigenvalue weighted by Gasteiger charge is 2.28. The number of aromatic amines is 1.